The lowest BCUT2D eigenvalue weighted by Crippen LogP contribution is -2.36. The molecular formula is C22H23N7O. The van der Waals surface area contributed by atoms with Crippen molar-refractivity contribution in [3.8, 4) is 17.1 Å². The zero-order valence-corrected chi connectivity index (χ0v) is 16.7. The van der Waals surface area contributed by atoms with Crippen LogP contribution in [0.1, 0.15) is 18.2 Å². The number of oxazole rings is 1. The fraction of sp³-hybridized carbons (Fsp3) is 0.182. The van der Waals surface area contributed by atoms with E-state index in [1.54, 1.807) is 17.3 Å². The fourth-order valence-corrected chi connectivity index (χ4v) is 2.88. The predicted molar refractivity (Wildman–Crippen MR) is 115 cm³/mol. The Bertz CT molecular complexity index is 1070. The van der Waals surface area contributed by atoms with Gasteiger partial charge in [0.15, 0.2) is 5.96 Å². The molecule has 0 aliphatic carbocycles. The van der Waals surface area contributed by atoms with E-state index in [4.69, 9.17) is 4.42 Å². The molecule has 0 amide bonds. The van der Waals surface area contributed by atoms with Crippen molar-refractivity contribution in [1.82, 2.24) is 30.4 Å². The van der Waals surface area contributed by atoms with Gasteiger partial charge in [0.05, 0.1) is 24.5 Å². The normalized spacial score (nSPS) is 11.4. The highest BCUT2D eigenvalue weighted by Gasteiger charge is 2.07. The van der Waals surface area contributed by atoms with E-state index in [1.165, 1.54) is 6.33 Å². The molecule has 2 aromatic heterocycles. The fourth-order valence-electron chi connectivity index (χ4n) is 2.88. The number of guanidine groups is 1. The van der Waals surface area contributed by atoms with Crippen LogP contribution in [-0.2, 0) is 13.1 Å². The van der Waals surface area contributed by atoms with Crippen molar-refractivity contribution in [2.45, 2.75) is 20.0 Å². The van der Waals surface area contributed by atoms with Gasteiger partial charge in [0, 0.05) is 12.1 Å². The molecule has 152 valence electrons. The zero-order chi connectivity index (χ0) is 20.6. The van der Waals surface area contributed by atoms with E-state index in [0.717, 1.165) is 35.0 Å². The second-order valence-electron chi connectivity index (χ2n) is 6.57. The standard InChI is InChI=1S/C22H23N7O/c1-2-24-22(25-12-17-8-10-20(11-9-17)29-16-23-15-27-29)26-13-19-14-30-21(28-19)18-6-4-3-5-7-18/h3-11,14-16H,2,12-13H2,1H3,(H2,24,25,26). The number of hydrogen-bond acceptors (Lipinski definition) is 5. The van der Waals surface area contributed by atoms with Crippen LogP contribution >= 0.6 is 0 Å². The minimum Gasteiger partial charge on any atom is -0.444 e. The summed E-state index contributed by atoms with van der Waals surface area (Å²) < 4.78 is 7.31. The van der Waals surface area contributed by atoms with Gasteiger partial charge in [-0.2, -0.15) is 5.10 Å². The molecule has 0 saturated heterocycles. The summed E-state index contributed by atoms with van der Waals surface area (Å²) >= 11 is 0. The first-order chi connectivity index (χ1) is 14.8. The number of nitrogens with zero attached hydrogens (tertiary/aromatic N) is 5. The highest BCUT2D eigenvalue weighted by molar-refractivity contribution is 5.79. The first-order valence-corrected chi connectivity index (χ1v) is 9.78. The Balaban J connectivity index is 1.36. The molecule has 30 heavy (non-hydrogen) atoms. The highest BCUT2D eigenvalue weighted by Crippen LogP contribution is 2.17. The summed E-state index contributed by atoms with van der Waals surface area (Å²) in [6.45, 7) is 3.88. The molecule has 0 saturated carbocycles. The largest absolute Gasteiger partial charge is 0.444 e. The van der Waals surface area contributed by atoms with Crippen molar-refractivity contribution in [2.75, 3.05) is 6.54 Å². The molecule has 0 unspecified atom stereocenters. The first-order valence-electron chi connectivity index (χ1n) is 9.78. The van der Waals surface area contributed by atoms with Crippen molar-refractivity contribution in [1.29, 1.82) is 0 Å². The third kappa shape index (κ3) is 4.91. The van der Waals surface area contributed by atoms with E-state index >= 15 is 0 Å². The average molecular weight is 401 g/mol. The topological polar surface area (TPSA) is 93.2 Å². The van der Waals surface area contributed by atoms with Crippen LogP contribution in [-0.4, -0.2) is 32.3 Å². The van der Waals surface area contributed by atoms with E-state index in [9.17, 15) is 0 Å². The van der Waals surface area contributed by atoms with Crippen LogP contribution < -0.4 is 10.6 Å². The first kappa shape index (κ1) is 19.4. The minimum absolute atomic E-state index is 0.521. The van der Waals surface area contributed by atoms with Crippen LogP contribution in [0.25, 0.3) is 17.1 Å². The number of hydrogen-bond donors (Lipinski definition) is 2. The Morgan fingerprint density at radius 1 is 1.07 bits per heavy atom. The third-order valence-electron chi connectivity index (χ3n) is 4.39. The van der Waals surface area contributed by atoms with Crippen LogP contribution in [0.15, 0.2) is 82.9 Å². The van der Waals surface area contributed by atoms with E-state index in [2.05, 4.69) is 30.7 Å². The Kier molecular flexibility index (Phi) is 6.14. The molecule has 0 radical (unpaired) electrons. The van der Waals surface area contributed by atoms with Gasteiger partial charge >= 0.3 is 0 Å². The molecule has 2 heterocycles. The van der Waals surface area contributed by atoms with Crippen LogP contribution in [0.2, 0.25) is 0 Å². The molecule has 2 N–H and O–H groups in total. The van der Waals surface area contributed by atoms with Gasteiger partial charge in [0.2, 0.25) is 5.89 Å². The molecule has 0 aliphatic rings. The lowest BCUT2D eigenvalue weighted by atomic mass is 10.2. The molecule has 4 aromatic rings. The van der Waals surface area contributed by atoms with Gasteiger partial charge in [0.1, 0.15) is 18.9 Å². The summed E-state index contributed by atoms with van der Waals surface area (Å²) in [7, 11) is 0. The molecular weight excluding hydrogens is 378 g/mol. The number of rotatable bonds is 7. The summed E-state index contributed by atoms with van der Waals surface area (Å²) in [4.78, 5) is 13.2. The third-order valence-corrected chi connectivity index (χ3v) is 4.39. The molecule has 0 spiro atoms. The van der Waals surface area contributed by atoms with Crippen molar-refractivity contribution in [2.24, 2.45) is 4.99 Å². The van der Waals surface area contributed by atoms with E-state index in [-0.39, 0.29) is 0 Å². The zero-order valence-electron chi connectivity index (χ0n) is 16.7. The predicted octanol–water partition coefficient (Wildman–Crippen LogP) is 3.18. The molecule has 0 fully saturated rings. The Labute approximate surface area is 174 Å². The van der Waals surface area contributed by atoms with Crippen molar-refractivity contribution >= 4 is 5.96 Å². The van der Waals surface area contributed by atoms with E-state index < -0.39 is 0 Å². The van der Waals surface area contributed by atoms with Crippen molar-refractivity contribution in [3.63, 3.8) is 0 Å². The van der Waals surface area contributed by atoms with Gasteiger partial charge in [-0.1, -0.05) is 30.3 Å². The van der Waals surface area contributed by atoms with Crippen LogP contribution in [0.4, 0.5) is 0 Å². The van der Waals surface area contributed by atoms with Gasteiger partial charge in [-0.05, 0) is 36.8 Å². The summed E-state index contributed by atoms with van der Waals surface area (Å²) in [6.07, 6.45) is 4.86. The van der Waals surface area contributed by atoms with Crippen LogP contribution in [0, 0.1) is 0 Å². The van der Waals surface area contributed by atoms with Gasteiger partial charge < -0.3 is 15.1 Å². The molecule has 0 bridgehead atoms. The number of aliphatic imine (C=N–C) groups is 1. The summed E-state index contributed by atoms with van der Waals surface area (Å²) in [5.41, 5.74) is 3.84. The molecule has 0 aliphatic heterocycles. The summed E-state index contributed by atoms with van der Waals surface area (Å²) in [5.74, 6) is 1.34. The quantitative estimate of drug-likeness (QED) is 0.365. The molecule has 4 rings (SSSR count). The minimum atomic E-state index is 0.521. The van der Waals surface area contributed by atoms with Crippen LogP contribution in [0.3, 0.4) is 0 Å². The number of nitrogens with one attached hydrogen (secondary N) is 2. The second-order valence-corrected chi connectivity index (χ2v) is 6.57. The lowest BCUT2D eigenvalue weighted by molar-refractivity contribution is 0.572. The average Bonchev–Trinajstić information content (AvgIpc) is 3.49. The maximum Gasteiger partial charge on any atom is 0.226 e. The SMILES string of the molecule is CCNC(=NCc1ccc(-n2cncn2)cc1)NCc1coc(-c2ccccc2)n1. The molecule has 0 atom stereocenters. The van der Waals surface area contributed by atoms with Crippen molar-refractivity contribution < 1.29 is 4.42 Å². The van der Waals surface area contributed by atoms with E-state index in [1.807, 2.05) is 61.5 Å². The second kappa shape index (κ2) is 9.51. The highest BCUT2D eigenvalue weighted by atomic mass is 16.3. The van der Waals surface area contributed by atoms with Crippen LogP contribution in [0.5, 0.6) is 0 Å². The maximum atomic E-state index is 5.59. The smallest absolute Gasteiger partial charge is 0.226 e. The summed E-state index contributed by atoms with van der Waals surface area (Å²) in [5, 5.41) is 10.7. The molecule has 8 heteroatoms. The summed E-state index contributed by atoms with van der Waals surface area (Å²) in [6, 6.07) is 17.9. The molecule has 8 nitrogen and oxygen atoms in total. The molecule has 2 aromatic carbocycles. The Hall–Kier alpha value is -3.94. The van der Waals surface area contributed by atoms with Gasteiger partial charge in [-0.3, -0.25) is 0 Å². The van der Waals surface area contributed by atoms with Gasteiger partial charge in [-0.25, -0.2) is 19.6 Å². The Morgan fingerprint density at radius 2 is 1.90 bits per heavy atom. The van der Waals surface area contributed by atoms with Gasteiger partial charge in [0.25, 0.3) is 0 Å². The maximum absolute atomic E-state index is 5.59. The van der Waals surface area contributed by atoms with Crippen molar-refractivity contribution in [3.05, 3.63) is 84.8 Å². The van der Waals surface area contributed by atoms with E-state index in [0.29, 0.717) is 19.0 Å². The monoisotopic (exact) mass is 401 g/mol. The number of aromatic nitrogens is 4. The number of benzene rings is 2. The lowest BCUT2D eigenvalue weighted by Gasteiger charge is -2.10. The Morgan fingerprint density at radius 3 is 2.63 bits per heavy atom. The van der Waals surface area contributed by atoms with Gasteiger partial charge in [-0.15, -0.1) is 0 Å².